The van der Waals surface area contributed by atoms with Crippen LogP contribution in [0.4, 0.5) is 17.2 Å². The maximum Gasteiger partial charge on any atom is 0.289 e. The molecule has 0 aliphatic rings. The summed E-state index contributed by atoms with van der Waals surface area (Å²) in [4.78, 5) is 26.3. The molecule has 10 heteroatoms. The number of pyridine rings is 1. The number of hydrogen-bond donors (Lipinski definition) is 2. The van der Waals surface area contributed by atoms with Crippen LogP contribution in [0.3, 0.4) is 0 Å². The number of aromatic nitrogens is 1. The standard InChI is InChI=1S/C15H9BrClN5O3/c16-10-3-4-19-14(5-10)20-8-9(7-18)15(23)21-11-1-2-12(17)13(6-11)22(24)25/h1-6,8H,(H,19,20)(H,21,23)/b9-8-. The molecule has 0 saturated carbocycles. The number of halogens is 2. The Hall–Kier alpha value is -2.96. The van der Waals surface area contributed by atoms with Gasteiger partial charge in [0.15, 0.2) is 0 Å². The third-order valence-corrected chi connectivity index (χ3v) is 3.67. The maximum absolute atomic E-state index is 12.1. The van der Waals surface area contributed by atoms with E-state index in [4.69, 9.17) is 16.9 Å². The Morgan fingerprint density at radius 2 is 2.16 bits per heavy atom. The van der Waals surface area contributed by atoms with Crippen molar-refractivity contribution in [3.63, 3.8) is 0 Å². The fourth-order valence-corrected chi connectivity index (χ4v) is 2.23. The summed E-state index contributed by atoms with van der Waals surface area (Å²) in [6, 6.07) is 8.91. The zero-order valence-corrected chi connectivity index (χ0v) is 14.7. The van der Waals surface area contributed by atoms with E-state index in [1.54, 1.807) is 24.4 Å². The van der Waals surface area contributed by atoms with E-state index in [0.717, 1.165) is 10.5 Å². The van der Waals surface area contributed by atoms with Crippen molar-refractivity contribution in [2.75, 3.05) is 10.6 Å². The molecule has 0 bridgehead atoms. The van der Waals surface area contributed by atoms with Crippen LogP contribution in [-0.4, -0.2) is 15.8 Å². The van der Waals surface area contributed by atoms with Crippen LogP contribution in [0.25, 0.3) is 0 Å². The SMILES string of the molecule is N#C/C(=C/Nc1cc(Br)ccn1)C(=O)Nc1ccc(Cl)c([N+](=O)[O-])c1. The van der Waals surface area contributed by atoms with E-state index >= 15 is 0 Å². The van der Waals surface area contributed by atoms with E-state index < -0.39 is 10.8 Å². The number of carbonyl (C=O) groups excluding carboxylic acids is 1. The lowest BCUT2D eigenvalue weighted by atomic mass is 10.2. The van der Waals surface area contributed by atoms with Crippen LogP contribution in [0.5, 0.6) is 0 Å². The molecule has 0 fully saturated rings. The molecule has 2 N–H and O–H groups in total. The summed E-state index contributed by atoms with van der Waals surface area (Å²) in [5.74, 6) is -0.307. The lowest BCUT2D eigenvalue weighted by Gasteiger charge is -2.05. The van der Waals surface area contributed by atoms with Crippen LogP contribution in [-0.2, 0) is 4.79 Å². The molecule has 8 nitrogen and oxygen atoms in total. The van der Waals surface area contributed by atoms with E-state index in [9.17, 15) is 14.9 Å². The van der Waals surface area contributed by atoms with Gasteiger partial charge in [-0.2, -0.15) is 5.26 Å². The number of benzene rings is 1. The van der Waals surface area contributed by atoms with Crippen molar-refractivity contribution in [1.82, 2.24) is 4.98 Å². The molecule has 1 heterocycles. The summed E-state index contributed by atoms with van der Waals surface area (Å²) in [6.07, 6.45) is 2.73. The van der Waals surface area contributed by atoms with Gasteiger partial charge in [0, 0.05) is 28.6 Å². The van der Waals surface area contributed by atoms with Crippen LogP contribution < -0.4 is 10.6 Å². The Labute approximate surface area is 155 Å². The second kappa shape index (κ2) is 8.23. The van der Waals surface area contributed by atoms with Crippen LogP contribution in [0.2, 0.25) is 5.02 Å². The molecule has 0 radical (unpaired) electrons. The Morgan fingerprint density at radius 1 is 1.40 bits per heavy atom. The molecule has 0 aliphatic heterocycles. The number of nitrogens with one attached hydrogen (secondary N) is 2. The quantitative estimate of drug-likeness (QED) is 0.326. The molecule has 25 heavy (non-hydrogen) atoms. The minimum atomic E-state index is -0.735. The molecule has 1 amide bonds. The van der Waals surface area contributed by atoms with Gasteiger partial charge in [0.1, 0.15) is 22.5 Å². The zero-order valence-electron chi connectivity index (χ0n) is 12.4. The monoisotopic (exact) mass is 421 g/mol. The van der Waals surface area contributed by atoms with Crippen molar-refractivity contribution in [3.8, 4) is 6.07 Å². The van der Waals surface area contributed by atoms with Gasteiger partial charge in [-0.05, 0) is 24.3 Å². The fraction of sp³-hybridized carbons (Fsp3) is 0. The predicted molar refractivity (Wildman–Crippen MR) is 96.0 cm³/mol. The molecule has 2 rings (SSSR count). The van der Waals surface area contributed by atoms with Crippen molar-refractivity contribution in [1.29, 1.82) is 5.26 Å². The van der Waals surface area contributed by atoms with Gasteiger partial charge in [-0.1, -0.05) is 27.5 Å². The first-order chi connectivity index (χ1) is 11.9. The van der Waals surface area contributed by atoms with E-state index in [-0.39, 0.29) is 22.0 Å². The molecule has 0 unspecified atom stereocenters. The minimum Gasteiger partial charge on any atom is -0.345 e. The third kappa shape index (κ3) is 5.00. The summed E-state index contributed by atoms with van der Waals surface area (Å²) in [5.41, 5.74) is -0.444. The average molecular weight is 423 g/mol. The number of anilines is 2. The van der Waals surface area contributed by atoms with Gasteiger partial charge in [-0.25, -0.2) is 4.98 Å². The second-order valence-corrected chi connectivity index (χ2v) is 5.87. The highest BCUT2D eigenvalue weighted by Crippen LogP contribution is 2.27. The van der Waals surface area contributed by atoms with Gasteiger partial charge in [-0.15, -0.1) is 0 Å². The maximum atomic E-state index is 12.1. The van der Waals surface area contributed by atoms with Crippen molar-refractivity contribution in [3.05, 3.63) is 67.9 Å². The number of amides is 1. The lowest BCUT2D eigenvalue weighted by molar-refractivity contribution is -0.384. The summed E-state index contributed by atoms with van der Waals surface area (Å²) in [6.45, 7) is 0. The fourth-order valence-electron chi connectivity index (χ4n) is 1.71. The number of nitriles is 1. The van der Waals surface area contributed by atoms with Crippen LogP contribution >= 0.6 is 27.5 Å². The Morgan fingerprint density at radius 3 is 2.80 bits per heavy atom. The van der Waals surface area contributed by atoms with Gasteiger partial charge >= 0.3 is 0 Å². The highest BCUT2D eigenvalue weighted by molar-refractivity contribution is 9.10. The molecule has 2 aromatic rings. The van der Waals surface area contributed by atoms with Crippen molar-refractivity contribution < 1.29 is 9.72 Å². The summed E-state index contributed by atoms with van der Waals surface area (Å²) >= 11 is 8.98. The number of nitro benzene ring substituents is 1. The Kier molecular flexibility index (Phi) is 6.05. The van der Waals surface area contributed by atoms with Crippen LogP contribution in [0, 0.1) is 21.4 Å². The lowest BCUT2D eigenvalue weighted by Crippen LogP contribution is -2.14. The molecule has 0 saturated heterocycles. The largest absolute Gasteiger partial charge is 0.345 e. The summed E-state index contributed by atoms with van der Waals surface area (Å²) in [5, 5.41) is 25.0. The van der Waals surface area contributed by atoms with E-state index in [1.165, 1.54) is 18.3 Å². The van der Waals surface area contributed by atoms with Crippen molar-refractivity contribution >= 4 is 50.6 Å². The molecular formula is C15H9BrClN5O3. The number of nitrogens with zero attached hydrogens (tertiary/aromatic N) is 3. The van der Waals surface area contributed by atoms with E-state index in [1.807, 2.05) is 0 Å². The second-order valence-electron chi connectivity index (χ2n) is 4.55. The highest BCUT2D eigenvalue weighted by atomic mass is 79.9. The molecule has 1 aromatic heterocycles. The summed E-state index contributed by atoms with van der Waals surface area (Å²) < 4.78 is 0.773. The average Bonchev–Trinajstić information content (AvgIpc) is 2.57. The molecule has 0 aliphatic carbocycles. The molecule has 126 valence electrons. The normalized spacial score (nSPS) is 10.7. The van der Waals surface area contributed by atoms with Crippen molar-refractivity contribution in [2.24, 2.45) is 0 Å². The molecular weight excluding hydrogens is 414 g/mol. The van der Waals surface area contributed by atoms with Gasteiger partial charge in [0.05, 0.1) is 4.92 Å². The van der Waals surface area contributed by atoms with E-state index in [0.29, 0.717) is 5.82 Å². The Bertz CT molecular complexity index is 910. The van der Waals surface area contributed by atoms with Gasteiger partial charge < -0.3 is 10.6 Å². The van der Waals surface area contributed by atoms with Gasteiger partial charge in [0.2, 0.25) is 0 Å². The van der Waals surface area contributed by atoms with Crippen LogP contribution in [0.1, 0.15) is 0 Å². The Balaban J connectivity index is 2.15. The molecule has 0 spiro atoms. The third-order valence-electron chi connectivity index (χ3n) is 2.85. The number of carbonyl (C=O) groups is 1. The van der Waals surface area contributed by atoms with Crippen LogP contribution in [0.15, 0.2) is 52.8 Å². The molecule has 1 aromatic carbocycles. The zero-order chi connectivity index (χ0) is 18.4. The first-order valence-electron chi connectivity index (χ1n) is 6.64. The molecule has 0 atom stereocenters. The van der Waals surface area contributed by atoms with Crippen molar-refractivity contribution in [2.45, 2.75) is 0 Å². The first-order valence-corrected chi connectivity index (χ1v) is 7.81. The number of rotatable bonds is 5. The predicted octanol–water partition coefficient (Wildman–Crippen LogP) is 3.86. The minimum absolute atomic E-state index is 0.0542. The van der Waals surface area contributed by atoms with Gasteiger partial charge in [-0.3, -0.25) is 14.9 Å². The highest BCUT2D eigenvalue weighted by Gasteiger charge is 2.15. The summed E-state index contributed by atoms with van der Waals surface area (Å²) in [7, 11) is 0. The number of hydrogen-bond acceptors (Lipinski definition) is 6. The first kappa shape index (κ1) is 18.4. The van der Waals surface area contributed by atoms with E-state index in [2.05, 4.69) is 31.5 Å². The number of nitro groups is 1. The smallest absolute Gasteiger partial charge is 0.289 e. The van der Waals surface area contributed by atoms with Gasteiger partial charge in [0.25, 0.3) is 11.6 Å². The topological polar surface area (TPSA) is 121 Å².